The predicted octanol–water partition coefficient (Wildman–Crippen LogP) is 4.37. The summed E-state index contributed by atoms with van der Waals surface area (Å²) in [6.45, 7) is 2.13. The number of fused-ring (bicyclic) bond motifs is 1. The lowest BCUT2D eigenvalue weighted by Gasteiger charge is -2.34. The zero-order valence-electron chi connectivity index (χ0n) is 23.1. The Morgan fingerprint density at radius 1 is 1.17 bits per heavy atom. The molecule has 3 heterocycles. The first-order valence-electron chi connectivity index (χ1n) is 14.0. The summed E-state index contributed by atoms with van der Waals surface area (Å²) in [4.78, 5) is 32.6. The highest BCUT2D eigenvalue weighted by Crippen LogP contribution is 2.34. The number of ether oxygens (including phenoxy) is 1. The number of likely N-dealkylation sites (tertiary alicyclic amines) is 1. The Hall–Kier alpha value is -3.89. The predicted molar refractivity (Wildman–Crippen MR) is 153 cm³/mol. The molecule has 5 rings (SSSR count). The summed E-state index contributed by atoms with van der Waals surface area (Å²) in [5.41, 5.74) is 9.85. The number of piperidine rings is 1. The van der Waals surface area contributed by atoms with E-state index in [1.54, 1.807) is 19.4 Å². The zero-order chi connectivity index (χ0) is 28.9. The number of aryl methyl sites for hydroxylation is 1. The minimum absolute atomic E-state index is 0.0162. The van der Waals surface area contributed by atoms with Crippen LogP contribution < -0.4 is 11.4 Å². The van der Waals surface area contributed by atoms with E-state index < -0.39 is 17.3 Å². The zero-order valence-corrected chi connectivity index (χ0v) is 23.1. The molecule has 2 aromatic carbocycles. The van der Waals surface area contributed by atoms with Gasteiger partial charge in [0, 0.05) is 80.8 Å². The summed E-state index contributed by atoms with van der Waals surface area (Å²) in [6, 6.07) is 11.5. The fourth-order valence-electron chi connectivity index (χ4n) is 5.78. The van der Waals surface area contributed by atoms with Crippen molar-refractivity contribution in [2.75, 3.05) is 26.8 Å². The van der Waals surface area contributed by atoms with Gasteiger partial charge in [0.15, 0.2) is 0 Å². The monoisotopic (exact) mass is 563 g/mol. The van der Waals surface area contributed by atoms with Crippen LogP contribution in [0.5, 0.6) is 0 Å². The summed E-state index contributed by atoms with van der Waals surface area (Å²) in [5.74, 6) is -0.959. The van der Waals surface area contributed by atoms with E-state index in [9.17, 15) is 18.4 Å². The summed E-state index contributed by atoms with van der Waals surface area (Å²) in [7, 11) is 1.62. The maximum atomic E-state index is 14.9. The maximum Gasteiger partial charge on any atom is 0.344 e. The van der Waals surface area contributed by atoms with E-state index in [-0.39, 0.29) is 35.2 Å². The molecule has 10 heteroatoms. The first-order valence-corrected chi connectivity index (χ1v) is 14.0. The minimum Gasteiger partial charge on any atom is -0.385 e. The van der Waals surface area contributed by atoms with Crippen molar-refractivity contribution in [1.29, 1.82) is 0 Å². The molecule has 0 bridgehead atoms. The fourth-order valence-corrected chi connectivity index (χ4v) is 5.78. The number of methoxy groups -OCH3 is 1. The van der Waals surface area contributed by atoms with E-state index in [0.717, 1.165) is 41.3 Å². The average molecular weight is 564 g/mol. The van der Waals surface area contributed by atoms with Gasteiger partial charge in [0.25, 0.3) is 0 Å². The summed E-state index contributed by atoms with van der Waals surface area (Å²) in [5, 5.41) is 0.269. The van der Waals surface area contributed by atoms with Gasteiger partial charge in [-0.05, 0) is 55.0 Å². The SMILES string of the molecule is COCCCn1c(C2CCCN(C(=O)C[C@H](N)Cc3ccc(-c4cnc(=O)[nH]c4)cc3)C2)cc2c(F)ccc(F)c21. The molecule has 2 atom stereocenters. The summed E-state index contributed by atoms with van der Waals surface area (Å²) >= 11 is 0. The number of rotatable bonds is 10. The van der Waals surface area contributed by atoms with Crippen LogP contribution in [0, 0.1) is 11.6 Å². The summed E-state index contributed by atoms with van der Waals surface area (Å²) < 4.78 is 36.6. The molecule has 4 aromatic rings. The van der Waals surface area contributed by atoms with E-state index >= 15 is 0 Å². The normalized spacial score (nSPS) is 16.3. The molecular weight excluding hydrogens is 528 g/mol. The summed E-state index contributed by atoms with van der Waals surface area (Å²) in [6.07, 6.45) is 6.19. The Labute approximate surface area is 237 Å². The molecule has 2 aromatic heterocycles. The number of halogens is 2. The molecule has 8 nitrogen and oxygen atoms in total. The van der Waals surface area contributed by atoms with Crippen LogP contribution >= 0.6 is 0 Å². The topological polar surface area (TPSA) is 106 Å². The van der Waals surface area contributed by atoms with Crippen LogP contribution in [0.2, 0.25) is 0 Å². The maximum absolute atomic E-state index is 14.9. The lowest BCUT2D eigenvalue weighted by molar-refractivity contribution is -0.132. The van der Waals surface area contributed by atoms with Crippen LogP contribution in [-0.4, -0.2) is 58.2 Å². The van der Waals surface area contributed by atoms with Gasteiger partial charge in [0.05, 0.1) is 5.52 Å². The van der Waals surface area contributed by atoms with Crippen molar-refractivity contribution in [3.05, 3.63) is 88.2 Å². The number of amides is 1. The second-order valence-corrected chi connectivity index (χ2v) is 10.7. The van der Waals surface area contributed by atoms with E-state index in [0.29, 0.717) is 39.1 Å². The fraction of sp³-hybridized carbons (Fsp3) is 0.387. The molecule has 3 N–H and O–H groups in total. The number of H-pyrrole nitrogens is 1. The van der Waals surface area contributed by atoms with Crippen molar-refractivity contribution in [3.8, 4) is 11.1 Å². The number of nitrogens with one attached hydrogen (secondary N) is 1. The van der Waals surface area contributed by atoms with Crippen molar-refractivity contribution in [2.45, 2.75) is 50.6 Å². The largest absolute Gasteiger partial charge is 0.385 e. The second-order valence-electron chi connectivity index (χ2n) is 10.7. The number of nitrogens with zero attached hydrogens (tertiary/aromatic N) is 3. The number of hydrogen-bond donors (Lipinski definition) is 2. The standard InChI is InChI=1S/C31H35F2N5O3/c1-41-13-3-12-38-28(16-25-26(32)9-10-27(33)30(25)38)22-4-2-11-37(19-22)29(39)15-24(34)14-20-5-7-21(8-6-20)23-17-35-31(40)36-18-23/h5-10,16-18,22,24H,2-4,11-15,19,34H2,1H3,(H,35,36,40)/t22?,24-/m1/s1. The molecule has 0 spiro atoms. The molecule has 0 aliphatic carbocycles. The Kier molecular flexibility index (Phi) is 8.90. The molecule has 216 valence electrons. The Morgan fingerprint density at radius 3 is 2.68 bits per heavy atom. The first-order chi connectivity index (χ1) is 19.8. The highest BCUT2D eigenvalue weighted by Gasteiger charge is 2.29. The van der Waals surface area contributed by atoms with Gasteiger partial charge in [-0.2, -0.15) is 0 Å². The van der Waals surface area contributed by atoms with Crippen LogP contribution in [0.15, 0.2) is 59.7 Å². The van der Waals surface area contributed by atoms with Gasteiger partial charge in [0.1, 0.15) is 11.6 Å². The molecular formula is C31H35F2N5O3. The third-order valence-corrected chi connectivity index (χ3v) is 7.81. The number of aromatic nitrogens is 3. The van der Waals surface area contributed by atoms with Crippen molar-refractivity contribution in [1.82, 2.24) is 19.4 Å². The van der Waals surface area contributed by atoms with E-state index in [2.05, 4.69) is 9.97 Å². The average Bonchev–Trinajstić information content (AvgIpc) is 3.37. The third kappa shape index (κ3) is 6.55. The van der Waals surface area contributed by atoms with Crippen LogP contribution in [-0.2, 0) is 22.5 Å². The number of aromatic amines is 1. The molecule has 1 aliphatic rings. The van der Waals surface area contributed by atoms with E-state index in [4.69, 9.17) is 10.5 Å². The number of hydrogen-bond acceptors (Lipinski definition) is 5. The lowest BCUT2D eigenvalue weighted by Crippen LogP contribution is -2.42. The Balaban J connectivity index is 1.25. The van der Waals surface area contributed by atoms with Crippen LogP contribution in [0.4, 0.5) is 8.78 Å². The minimum atomic E-state index is -0.455. The lowest BCUT2D eigenvalue weighted by atomic mass is 9.93. The molecule has 1 saturated heterocycles. The van der Waals surface area contributed by atoms with Gasteiger partial charge >= 0.3 is 5.69 Å². The molecule has 0 saturated carbocycles. The van der Waals surface area contributed by atoms with E-state index in [1.807, 2.05) is 33.7 Å². The van der Waals surface area contributed by atoms with Gasteiger partial charge in [-0.15, -0.1) is 0 Å². The molecule has 41 heavy (non-hydrogen) atoms. The van der Waals surface area contributed by atoms with Gasteiger partial charge < -0.3 is 24.9 Å². The van der Waals surface area contributed by atoms with E-state index in [1.165, 1.54) is 12.3 Å². The number of carbonyl (C=O) groups excluding carboxylic acids is 1. The Bertz CT molecular complexity index is 1550. The molecule has 1 unspecified atom stereocenters. The number of benzene rings is 2. The van der Waals surface area contributed by atoms with Crippen LogP contribution in [0.3, 0.4) is 0 Å². The third-order valence-electron chi connectivity index (χ3n) is 7.81. The van der Waals surface area contributed by atoms with Crippen molar-refractivity contribution < 1.29 is 18.3 Å². The van der Waals surface area contributed by atoms with Crippen molar-refractivity contribution >= 4 is 16.8 Å². The molecule has 1 aliphatic heterocycles. The van der Waals surface area contributed by atoms with Crippen LogP contribution in [0.25, 0.3) is 22.0 Å². The smallest absolute Gasteiger partial charge is 0.344 e. The first kappa shape index (κ1) is 28.6. The van der Waals surface area contributed by atoms with Gasteiger partial charge in [-0.1, -0.05) is 24.3 Å². The molecule has 1 amide bonds. The van der Waals surface area contributed by atoms with Gasteiger partial charge in [-0.25, -0.2) is 18.6 Å². The van der Waals surface area contributed by atoms with Crippen LogP contribution in [0.1, 0.15) is 42.9 Å². The van der Waals surface area contributed by atoms with Crippen molar-refractivity contribution in [2.24, 2.45) is 5.73 Å². The second kappa shape index (κ2) is 12.7. The quantitative estimate of drug-likeness (QED) is 0.279. The number of carbonyl (C=O) groups is 1. The van der Waals surface area contributed by atoms with Gasteiger partial charge in [0.2, 0.25) is 5.91 Å². The highest BCUT2D eigenvalue weighted by atomic mass is 19.1. The van der Waals surface area contributed by atoms with Gasteiger partial charge in [-0.3, -0.25) is 4.79 Å². The highest BCUT2D eigenvalue weighted by molar-refractivity contribution is 5.83. The molecule has 1 fully saturated rings. The number of nitrogens with two attached hydrogens (primary N) is 1. The van der Waals surface area contributed by atoms with Crippen molar-refractivity contribution in [3.63, 3.8) is 0 Å². The molecule has 0 radical (unpaired) electrons. The Morgan fingerprint density at radius 2 is 1.95 bits per heavy atom.